The van der Waals surface area contributed by atoms with E-state index < -0.39 is 0 Å². The molecule has 1 aromatic rings. The number of halogens is 2. The molecule has 1 aromatic heterocycles. The Kier molecular flexibility index (Phi) is 9.96. The highest BCUT2D eigenvalue weighted by molar-refractivity contribution is 5.85. The maximum atomic E-state index is 4.29. The van der Waals surface area contributed by atoms with E-state index in [0.717, 1.165) is 25.3 Å². The number of nitrogens with zero attached hydrogens (tertiary/aromatic N) is 3. The number of hydrogen-bond donors (Lipinski definition) is 1. The van der Waals surface area contributed by atoms with Crippen LogP contribution in [-0.2, 0) is 13.6 Å². The van der Waals surface area contributed by atoms with E-state index >= 15 is 0 Å². The molecular formula is C10H22Cl2N4. The molecule has 0 saturated carbocycles. The summed E-state index contributed by atoms with van der Waals surface area (Å²) >= 11 is 0. The normalized spacial score (nSPS) is 9.81. The molecule has 0 aliphatic heterocycles. The Labute approximate surface area is 110 Å². The molecule has 96 valence electrons. The van der Waals surface area contributed by atoms with E-state index in [-0.39, 0.29) is 24.8 Å². The van der Waals surface area contributed by atoms with Gasteiger partial charge in [0.05, 0.1) is 11.4 Å². The molecule has 0 unspecified atom stereocenters. The lowest BCUT2D eigenvalue weighted by atomic mass is 10.3. The quantitative estimate of drug-likeness (QED) is 0.816. The highest BCUT2D eigenvalue weighted by Crippen LogP contribution is 2.00. The average molecular weight is 269 g/mol. The minimum Gasteiger partial charge on any atom is -0.310 e. The second-order valence-corrected chi connectivity index (χ2v) is 3.88. The number of aromatic nitrogens is 2. The van der Waals surface area contributed by atoms with Crippen LogP contribution >= 0.6 is 24.8 Å². The van der Waals surface area contributed by atoms with E-state index in [1.54, 1.807) is 0 Å². The fourth-order valence-corrected chi connectivity index (χ4v) is 1.35. The molecule has 1 heterocycles. The Morgan fingerprint density at radius 1 is 1.38 bits per heavy atom. The van der Waals surface area contributed by atoms with Crippen LogP contribution in [0.3, 0.4) is 0 Å². The van der Waals surface area contributed by atoms with Gasteiger partial charge in [-0.25, -0.2) is 0 Å². The Hall–Kier alpha value is -0.290. The summed E-state index contributed by atoms with van der Waals surface area (Å²) in [5, 5.41) is 7.68. The summed E-state index contributed by atoms with van der Waals surface area (Å²) in [5.41, 5.74) is 2.32. The lowest BCUT2D eigenvalue weighted by Crippen LogP contribution is -2.26. The third-order valence-electron chi connectivity index (χ3n) is 2.14. The van der Waals surface area contributed by atoms with Crippen LogP contribution in [0.25, 0.3) is 0 Å². The van der Waals surface area contributed by atoms with Gasteiger partial charge in [-0.2, -0.15) is 5.10 Å². The number of hydrogen-bond acceptors (Lipinski definition) is 3. The first-order chi connectivity index (χ1) is 6.59. The van der Waals surface area contributed by atoms with Gasteiger partial charge < -0.3 is 10.2 Å². The fourth-order valence-electron chi connectivity index (χ4n) is 1.35. The molecule has 1 N–H and O–H groups in total. The SMILES string of the molecule is Cc1cc(CNCCN(C)C)n(C)n1.Cl.Cl. The molecule has 4 nitrogen and oxygen atoms in total. The summed E-state index contributed by atoms with van der Waals surface area (Å²) in [4.78, 5) is 2.17. The van der Waals surface area contributed by atoms with E-state index in [4.69, 9.17) is 0 Å². The zero-order valence-electron chi connectivity index (χ0n) is 10.4. The average Bonchev–Trinajstić information content (AvgIpc) is 2.39. The van der Waals surface area contributed by atoms with Crippen LogP contribution < -0.4 is 5.32 Å². The van der Waals surface area contributed by atoms with Gasteiger partial charge in [0.2, 0.25) is 0 Å². The maximum absolute atomic E-state index is 4.29. The van der Waals surface area contributed by atoms with E-state index in [1.807, 2.05) is 18.7 Å². The van der Waals surface area contributed by atoms with E-state index in [1.165, 1.54) is 5.69 Å². The fraction of sp³-hybridized carbons (Fsp3) is 0.700. The Balaban J connectivity index is 0. The molecule has 0 amide bonds. The van der Waals surface area contributed by atoms with Crippen molar-refractivity contribution in [2.45, 2.75) is 13.5 Å². The lowest BCUT2D eigenvalue weighted by molar-refractivity contribution is 0.398. The summed E-state index contributed by atoms with van der Waals surface area (Å²) in [7, 11) is 6.14. The second kappa shape index (κ2) is 8.82. The van der Waals surface area contributed by atoms with Crippen LogP contribution in [0.4, 0.5) is 0 Å². The van der Waals surface area contributed by atoms with Crippen LogP contribution in [0.2, 0.25) is 0 Å². The standard InChI is InChI=1S/C10H20N4.2ClH/c1-9-7-10(14(4)12-9)8-11-5-6-13(2)3;;/h7,11H,5-6,8H2,1-4H3;2*1H. The van der Waals surface area contributed by atoms with Gasteiger partial charge in [-0.3, -0.25) is 4.68 Å². The molecule has 6 heteroatoms. The lowest BCUT2D eigenvalue weighted by Gasteiger charge is -2.10. The van der Waals surface area contributed by atoms with Gasteiger partial charge >= 0.3 is 0 Å². The van der Waals surface area contributed by atoms with Crippen molar-refractivity contribution in [3.05, 3.63) is 17.5 Å². The van der Waals surface area contributed by atoms with Crippen molar-refractivity contribution in [3.63, 3.8) is 0 Å². The van der Waals surface area contributed by atoms with Gasteiger partial charge in [0.25, 0.3) is 0 Å². The van der Waals surface area contributed by atoms with Crippen LogP contribution in [-0.4, -0.2) is 41.9 Å². The van der Waals surface area contributed by atoms with Gasteiger partial charge in [-0.1, -0.05) is 0 Å². The highest BCUT2D eigenvalue weighted by atomic mass is 35.5. The van der Waals surface area contributed by atoms with Gasteiger partial charge in [-0.05, 0) is 27.1 Å². The summed E-state index contributed by atoms with van der Waals surface area (Å²) in [5.74, 6) is 0. The third-order valence-corrected chi connectivity index (χ3v) is 2.14. The predicted octanol–water partition coefficient (Wildman–Crippen LogP) is 1.22. The first kappa shape index (κ1) is 18.1. The number of likely N-dealkylation sites (N-methyl/N-ethyl adjacent to an activating group) is 1. The van der Waals surface area contributed by atoms with Crippen molar-refractivity contribution in [2.24, 2.45) is 7.05 Å². The molecule has 0 aromatic carbocycles. The zero-order valence-corrected chi connectivity index (χ0v) is 12.0. The van der Waals surface area contributed by atoms with Crippen molar-refractivity contribution in [1.82, 2.24) is 20.0 Å². The van der Waals surface area contributed by atoms with Gasteiger partial charge in [-0.15, -0.1) is 24.8 Å². The minimum absolute atomic E-state index is 0. The van der Waals surface area contributed by atoms with E-state index in [0.29, 0.717) is 0 Å². The van der Waals surface area contributed by atoms with Crippen molar-refractivity contribution in [1.29, 1.82) is 0 Å². The zero-order chi connectivity index (χ0) is 10.6. The molecule has 0 aliphatic carbocycles. The minimum atomic E-state index is 0. The molecule has 0 fully saturated rings. The highest BCUT2D eigenvalue weighted by Gasteiger charge is 2.00. The van der Waals surface area contributed by atoms with Crippen molar-refractivity contribution in [2.75, 3.05) is 27.2 Å². The molecule has 0 spiro atoms. The number of nitrogens with one attached hydrogen (secondary N) is 1. The smallest absolute Gasteiger partial charge is 0.0597 e. The van der Waals surface area contributed by atoms with Crippen molar-refractivity contribution < 1.29 is 0 Å². The van der Waals surface area contributed by atoms with Gasteiger partial charge in [0.15, 0.2) is 0 Å². The molecule has 0 atom stereocenters. The molecular weight excluding hydrogens is 247 g/mol. The first-order valence-corrected chi connectivity index (χ1v) is 4.94. The predicted molar refractivity (Wildman–Crippen MR) is 72.7 cm³/mol. The van der Waals surface area contributed by atoms with Gasteiger partial charge in [0, 0.05) is 26.7 Å². The molecule has 16 heavy (non-hydrogen) atoms. The van der Waals surface area contributed by atoms with E-state index in [2.05, 4.69) is 35.5 Å². The number of rotatable bonds is 5. The summed E-state index contributed by atoms with van der Waals surface area (Å²) < 4.78 is 1.93. The molecule has 1 rings (SSSR count). The Morgan fingerprint density at radius 3 is 2.44 bits per heavy atom. The molecule has 0 aliphatic rings. The summed E-state index contributed by atoms with van der Waals surface area (Å²) in [6.45, 7) is 4.99. The van der Waals surface area contributed by atoms with E-state index in [9.17, 15) is 0 Å². The second-order valence-electron chi connectivity index (χ2n) is 3.88. The maximum Gasteiger partial charge on any atom is 0.0597 e. The molecule has 0 radical (unpaired) electrons. The Bertz CT molecular complexity index is 286. The van der Waals surface area contributed by atoms with Crippen LogP contribution in [0.1, 0.15) is 11.4 Å². The van der Waals surface area contributed by atoms with Crippen LogP contribution in [0, 0.1) is 6.92 Å². The topological polar surface area (TPSA) is 33.1 Å². The number of aryl methyl sites for hydroxylation is 2. The Morgan fingerprint density at radius 2 is 2.00 bits per heavy atom. The van der Waals surface area contributed by atoms with Crippen LogP contribution in [0.15, 0.2) is 6.07 Å². The van der Waals surface area contributed by atoms with Crippen molar-refractivity contribution in [3.8, 4) is 0 Å². The first-order valence-electron chi connectivity index (χ1n) is 4.94. The molecule has 0 bridgehead atoms. The van der Waals surface area contributed by atoms with Crippen molar-refractivity contribution >= 4 is 24.8 Å². The summed E-state index contributed by atoms with van der Waals surface area (Å²) in [6.07, 6.45) is 0. The third kappa shape index (κ3) is 6.33. The van der Waals surface area contributed by atoms with Crippen LogP contribution in [0.5, 0.6) is 0 Å². The molecule has 0 saturated heterocycles. The monoisotopic (exact) mass is 268 g/mol. The van der Waals surface area contributed by atoms with Gasteiger partial charge in [0.1, 0.15) is 0 Å². The largest absolute Gasteiger partial charge is 0.310 e. The summed E-state index contributed by atoms with van der Waals surface area (Å²) in [6, 6.07) is 2.11.